The van der Waals surface area contributed by atoms with Gasteiger partial charge in [-0.2, -0.15) is 4.18 Å². The second kappa shape index (κ2) is 17.9. The summed E-state index contributed by atoms with van der Waals surface area (Å²) in [6.07, 6.45) is 22.8. The lowest BCUT2D eigenvalue weighted by Crippen LogP contribution is -2.43. The van der Waals surface area contributed by atoms with Crippen LogP contribution in [0.2, 0.25) is 0 Å². The first-order valence-corrected chi connectivity index (χ1v) is 15.8. The van der Waals surface area contributed by atoms with E-state index in [1.165, 1.54) is 63.4 Å². The topological polar surface area (TPSA) is 49.4 Å². The third-order valence-electron chi connectivity index (χ3n) is 7.21. The van der Waals surface area contributed by atoms with E-state index in [0.717, 1.165) is 36.3 Å². The summed E-state index contributed by atoms with van der Waals surface area (Å²) in [6, 6.07) is 10.7. The Morgan fingerprint density at radius 2 is 1.67 bits per heavy atom. The van der Waals surface area contributed by atoms with E-state index in [0.29, 0.717) is 12.8 Å². The van der Waals surface area contributed by atoms with Crippen LogP contribution >= 0.6 is 0 Å². The van der Waals surface area contributed by atoms with E-state index in [1.807, 2.05) is 19.1 Å². The van der Waals surface area contributed by atoms with E-state index < -0.39 is 11.4 Å². The van der Waals surface area contributed by atoms with Gasteiger partial charge in [-0.15, -0.1) is 0 Å². The number of hydrogen-bond acceptors (Lipinski definition) is 3. The molecule has 4 heteroatoms. The van der Waals surface area contributed by atoms with Crippen LogP contribution in [0.15, 0.2) is 53.5 Å². The summed E-state index contributed by atoms with van der Waals surface area (Å²) in [5.41, 5.74) is 0.531. The average molecular weight is 515 g/mol. The van der Waals surface area contributed by atoms with Crippen molar-refractivity contribution in [3.63, 3.8) is 0 Å². The number of carboxylic acid groups (broad SMARTS) is 1. The average Bonchev–Trinajstić information content (AvgIpc) is 2.88. The minimum absolute atomic E-state index is 0.202. The molecule has 0 spiro atoms. The molecule has 202 valence electrons. The van der Waals surface area contributed by atoms with Crippen LogP contribution in [0.25, 0.3) is 0 Å². The van der Waals surface area contributed by atoms with Crippen molar-refractivity contribution in [1.82, 2.24) is 0 Å². The smallest absolute Gasteiger partial charge is 0.180 e. The van der Waals surface area contributed by atoms with Crippen molar-refractivity contribution in [2.24, 2.45) is 5.41 Å². The Hall–Kier alpha value is -1.52. The number of aliphatic carboxylic acids is 1. The van der Waals surface area contributed by atoms with Gasteiger partial charge >= 0.3 is 0 Å². The first-order chi connectivity index (χ1) is 17.5. The Bertz CT molecular complexity index is 788. The number of carbonyl (C=O) groups is 1. The molecule has 2 rings (SSSR count). The van der Waals surface area contributed by atoms with Crippen molar-refractivity contribution in [3.8, 4) is 0 Å². The van der Waals surface area contributed by atoms with Gasteiger partial charge in [0.05, 0.1) is 5.97 Å². The molecule has 0 amide bonds. The first kappa shape index (κ1) is 30.7. The summed E-state index contributed by atoms with van der Waals surface area (Å²) in [5, 5.41) is 12.1. The second-order valence-corrected chi connectivity index (χ2v) is 12.3. The molecule has 36 heavy (non-hydrogen) atoms. The van der Waals surface area contributed by atoms with Crippen molar-refractivity contribution < 1.29 is 14.1 Å². The highest BCUT2D eigenvalue weighted by molar-refractivity contribution is 7.96. The standard InChI is InChI=1S/C32H50O3S/c1-4-6-7-8-9-13-19-28(3)35-36(26-17-11-10-14-20-29-21-15-12-16-22-29)30-23-18-25-32(27-30,24-5-2)31(33)34/h12,15-16,18,21-23,25,28H,4-11,13-14,17,19-20,24,26-27H2,1-3H3. The number of allylic oxidation sites excluding steroid dienone is 3. The number of benzene rings is 1. The lowest BCUT2D eigenvalue weighted by molar-refractivity contribution is -0.316. The zero-order chi connectivity index (χ0) is 26.1. The van der Waals surface area contributed by atoms with Crippen molar-refractivity contribution in [1.29, 1.82) is 0 Å². The molecule has 3 nitrogen and oxygen atoms in total. The molecular weight excluding hydrogens is 464 g/mol. The Morgan fingerprint density at radius 3 is 2.39 bits per heavy atom. The summed E-state index contributed by atoms with van der Waals surface area (Å²) < 4.78 is 6.66. The van der Waals surface area contributed by atoms with Crippen LogP contribution < -0.4 is 5.11 Å². The van der Waals surface area contributed by atoms with E-state index in [1.54, 1.807) is 0 Å². The van der Waals surface area contributed by atoms with Crippen molar-refractivity contribution >= 4 is 17.1 Å². The highest BCUT2D eigenvalue weighted by Crippen LogP contribution is 2.39. The molecule has 0 radical (unpaired) electrons. The molecule has 0 aliphatic heterocycles. The van der Waals surface area contributed by atoms with Crippen LogP contribution in [0.5, 0.6) is 0 Å². The maximum absolute atomic E-state index is 12.1. The maximum atomic E-state index is 12.1. The fourth-order valence-corrected chi connectivity index (χ4v) is 7.13. The van der Waals surface area contributed by atoms with E-state index >= 15 is 0 Å². The molecule has 0 aromatic heterocycles. The summed E-state index contributed by atoms with van der Waals surface area (Å²) >= 11 is -0.341. The molecule has 0 saturated carbocycles. The summed E-state index contributed by atoms with van der Waals surface area (Å²) in [7, 11) is 0. The Labute approximate surface area is 224 Å². The van der Waals surface area contributed by atoms with Gasteiger partial charge < -0.3 is 9.90 Å². The molecule has 0 heterocycles. The van der Waals surface area contributed by atoms with Crippen LogP contribution in [-0.4, -0.2) is 17.8 Å². The van der Waals surface area contributed by atoms with Crippen LogP contribution in [-0.2, 0) is 26.6 Å². The van der Waals surface area contributed by atoms with Crippen molar-refractivity contribution in [2.45, 2.75) is 123 Å². The molecule has 0 saturated heterocycles. The number of hydrogen-bond donors (Lipinski definition) is 0. The Balaban J connectivity index is 1.89. The van der Waals surface area contributed by atoms with Gasteiger partial charge in [-0.05, 0) is 57.1 Å². The number of carbonyl (C=O) groups excluding carboxylic acids is 1. The molecule has 1 aromatic carbocycles. The van der Waals surface area contributed by atoms with Gasteiger partial charge in [-0.1, -0.05) is 108 Å². The largest absolute Gasteiger partial charge is 0.549 e. The zero-order valence-corrected chi connectivity index (χ0v) is 24.0. The lowest BCUT2D eigenvalue weighted by Gasteiger charge is -2.33. The van der Waals surface area contributed by atoms with Gasteiger partial charge in [0.15, 0.2) is 16.1 Å². The van der Waals surface area contributed by atoms with E-state index in [9.17, 15) is 9.90 Å². The minimum atomic E-state index is -0.948. The fourth-order valence-electron chi connectivity index (χ4n) is 5.04. The zero-order valence-electron chi connectivity index (χ0n) is 23.1. The maximum Gasteiger partial charge on any atom is 0.180 e. The molecule has 0 N–H and O–H groups in total. The van der Waals surface area contributed by atoms with Crippen LogP contribution in [0.3, 0.4) is 0 Å². The molecule has 1 aliphatic carbocycles. The Kier molecular flexibility index (Phi) is 15.2. The fraction of sp³-hybridized carbons (Fsp3) is 0.656. The molecule has 0 fully saturated rings. The van der Waals surface area contributed by atoms with Gasteiger partial charge in [-0.25, -0.2) is 0 Å². The van der Waals surface area contributed by atoms with Gasteiger partial charge in [0, 0.05) is 11.8 Å². The first-order valence-electron chi connectivity index (χ1n) is 14.5. The number of carboxylic acids is 1. The van der Waals surface area contributed by atoms with Crippen molar-refractivity contribution in [2.75, 3.05) is 5.75 Å². The Morgan fingerprint density at radius 1 is 0.972 bits per heavy atom. The predicted octanol–water partition coefficient (Wildman–Crippen LogP) is 7.86. The van der Waals surface area contributed by atoms with Crippen LogP contribution in [0.4, 0.5) is 0 Å². The quantitative estimate of drug-likeness (QED) is 0.131. The highest BCUT2D eigenvalue weighted by Gasteiger charge is 2.39. The highest BCUT2D eigenvalue weighted by atomic mass is 32.2. The SMILES string of the molecule is CCCCCCCCC(C)O[S+](CCCCCCc1ccccc1)C1=CC=CC(CCC)(C(=O)[O-])C1. The normalized spacial score (nSPS) is 19.1. The minimum Gasteiger partial charge on any atom is -0.549 e. The van der Waals surface area contributed by atoms with E-state index in [-0.39, 0.29) is 17.3 Å². The molecule has 0 bridgehead atoms. The summed E-state index contributed by atoms with van der Waals surface area (Å²) in [6.45, 7) is 6.50. The lowest BCUT2D eigenvalue weighted by atomic mass is 9.78. The van der Waals surface area contributed by atoms with Gasteiger partial charge in [0.25, 0.3) is 0 Å². The number of unbranched alkanes of at least 4 members (excludes halogenated alkanes) is 8. The van der Waals surface area contributed by atoms with Crippen LogP contribution in [0.1, 0.15) is 116 Å². The van der Waals surface area contributed by atoms with Gasteiger partial charge in [0.1, 0.15) is 11.9 Å². The van der Waals surface area contributed by atoms with Gasteiger partial charge in [0.2, 0.25) is 0 Å². The summed E-state index contributed by atoms with van der Waals surface area (Å²) in [4.78, 5) is 13.3. The molecule has 3 unspecified atom stereocenters. The second-order valence-electron chi connectivity index (χ2n) is 10.5. The van der Waals surface area contributed by atoms with E-state index in [2.05, 4.69) is 50.3 Å². The number of aryl methyl sites for hydroxylation is 1. The molecule has 1 aromatic rings. The monoisotopic (exact) mass is 514 g/mol. The van der Waals surface area contributed by atoms with Crippen LogP contribution in [0, 0.1) is 5.41 Å². The predicted molar refractivity (Wildman–Crippen MR) is 154 cm³/mol. The third kappa shape index (κ3) is 11.3. The molecule has 3 atom stereocenters. The van der Waals surface area contributed by atoms with Gasteiger partial charge in [-0.3, -0.25) is 0 Å². The third-order valence-corrected chi connectivity index (χ3v) is 9.30. The van der Waals surface area contributed by atoms with E-state index in [4.69, 9.17) is 4.18 Å². The number of rotatable bonds is 20. The molecule has 1 aliphatic rings. The molecular formula is C32H50O3S. The summed E-state index contributed by atoms with van der Waals surface area (Å²) in [5.74, 6) is 0.0389. The van der Waals surface area contributed by atoms with Crippen molar-refractivity contribution in [3.05, 3.63) is 59.0 Å².